The van der Waals surface area contributed by atoms with Gasteiger partial charge in [0, 0.05) is 30.9 Å². The summed E-state index contributed by atoms with van der Waals surface area (Å²) < 4.78 is 84.0. The Hall–Kier alpha value is -1.03. The minimum absolute atomic E-state index is 0.143. The highest BCUT2D eigenvalue weighted by atomic mass is 28.4. The van der Waals surface area contributed by atoms with Crippen molar-refractivity contribution in [3.63, 3.8) is 0 Å². The highest BCUT2D eigenvalue weighted by molar-refractivity contribution is 6.60. The average Bonchev–Trinajstić information content (AvgIpc) is 2.56. The van der Waals surface area contributed by atoms with Crippen LogP contribution >= 0.6 is 0 Å². The van der Waals surface area contributed by atoms with Crippen molar-refractivity contribution in [2.75, 3.05) is 7.11 Å². The van der Waals surface area contributed by atoms with E-state index in [0.717, 1.165) is 0 Å². The van der Waals surface area contributed by atoms with Crippen LogP contribution in [0.3, 0.4) is 0 Å². The van der Waals surface area contributed by atoms with Crippen molar-refractivity contribution in [2.45, 2.75) is 65.2 Å². The minimum Gasteiger partial charge on any atom is -0.377 e. The van der Waals surface area contributed by atoms with Crippen LogP contribution in [0.5, 0.6) is 0 Å². The van der Waals surface area contributed by atoms with Crippen LogP contribution in [0, 0.1) is 29.1 Å². The van der Waals surface area contributed by atoms with Crippen molar-refractivity contribution in [2.24, 2.45) is 0 Å². The van der Waals surface area contributed by atoms with E-state index in [9.17, 15) is 22.0 Å². The van der Waals surface area contributed by atoms with E-state index in [-0.39, 0.29) is 25.0 Å². The van der Waals surface area contributed by atoms with Crippen LogP contribution in [0.15, 0.2) is 0 Å². The number of hydrogen-bond donors (Lipinski definition) is 0. The Morgan fingerprint density at radius 1 is 0.731 bits per heavy atom. The van der Waals surface area contributed by atoms with Crippen LogP contribution in [0.4, 0.5) is 22.0 Å². The summed E-state index contributed by atoms with van der Waals surface area (Å²) in [6, 6.07) is 0.370. The van der Waals surface area contributed by atoms with Gasteiger partial charge in [-0.25, -0.2) is 22.0 Å². The zero-order chi connectivity index (χ0) is 20.1. The quantitative estimate of drug-likeness (QED) is 0.179. The molecule has 0 aliphatic heterocycles. The van der Waals surface area contributed by atoms with Gasteiger partial charge in [-0.3, -0.25) is 0 Å². The molecule has 0 aromatic heterocycles. The lowest BCUT2D eigenvalue weighted by molar-refractivity contribution is 0.0323. The zero-order valence-electron chi connectivity index (χ0n) is 15.6. The number of unbranched alkanes of at least 4 members (excludes halogenated alkanes) is 1. The van der Waals surface area contributed by atoms with Crippen LogP contribution in [0.1, 0.15) is 46.1 Å². The first kappa shape index (κ1) is 23.0. The van der Waals surface area contributed by atoms with Gasteiger partial charge >= 0.3 is 8.80 Å². The third-order valence-electron chi connectivity index (χ3n) is 3.60. The van der Waals surface area contributed by atoms with Gasteiger partial charge in [-0.15, -0.1) is 0 Å². The summed E-state index contributed by atoms with van der Waals surface area (Å²) in [6.07, 6.45) is 0.00733. The number of benzene rings is 1. The molecule has 0 unspecified atom stereocenters. The van der Waals surface area contributed by atoms with Gasteiger partial charge in [-0.05, 0) is 47.0 Å². The minimum atomic E-state index is -2.99. The van der Waals surface area contributed by atoms with Crippen molar-refractivity contribution in [1.29, 1.82) is 0 Å². The summed E-state index contributed by atoms with van der Waals surface area (Å²) in [5.74, 6) is -9.57. The monoisotopic (exact) mass is 400 g/mol. The normalized spacial score (nSPS) is 12.5. The van der Waals surface area contributed by atoms with E-state index in [1.54, 1.807) is 0 Å². The molecule has 0 bridgehead atoms. The van der Waals surface area contributed by atoms with Gasteiger partial charge in [0.05, 0.1) is 0 Å². The predicted molar refractivity (Wildman–Crippen MR) is 89.2 cm³/mol. The molecule has 0 amide bonds. The van der Waals surface area contributed by atoms with E-state index in [4.69, 9.17) is 13.3 Å². The second kappa shape index (κ2) is 9.77. The van der Waals surface area contributed by atoms with Gasteiger partial charge in [-0.1, -0.05) is 0 Å². The van der Waals surface area contributed by atoms with Gasteiger partial charge in [0.1, 0.15) is 0 Å². The van der Waals surface area contributed by atoms with E-state index in [1.165, 1.54) is 7.11 Å². The van der Waals surface area contributed by atoms with Gasteiger partial charge in [0.15, 0.2) is 23.3 Å². The van der Waals surface area contributed by atoms with E-state index >= 15 is 0 Å². The molecule has 0 radical (unpaired) electrons. The third kappa shape index (κ3) is 5.73. The second-order valence-electron chi connectivity index (χ2n) is 6.48. The van der Waals surface area contributed by atoms with Crippen LogP contribution in [-0.4, -0.2) is 28.1 Å². The zero-order valence-corrected chi connectivity index (χ0v) is 16.6. The average molecular weight is 400 g/mol. The first-order valence-corrected chi connectivity index (χ1v) is 10.4. The largest absolute Gasteiger partial charge is 0.501 e. The fourth-order valence-electron chi connectivity index (χ4n) is 2.58. The first-order chi connectivity index (χ1) is 12.0. The van der Waals surface area contributed by atoms with Gasteiger partial charge in [-0.2, -0.15) is 0 Å². The molecule has 9 heteroatoms. The lowest BCUT2D eigenvalue weighted by Gasteiger charge is -2.31. The van der Waals surface area contributed by atoms with E-state index in [2.05, 4.69) is 0 Å². The molecular weight excluding hydrogens is 375 g/mol. The van der Waals surface area contributed by atoms with E-state index < -0.39 is 43.5 Å². The predicted octanol–water partition coefficient (Wildman–Crippen LogP) is 5.14. The Balaban J connectivity index is 2.81. The number of halogens is 5. The molecule has 3 nitrogen and oxygen atoms in total. The summed E-state index contributed by atoms with van der Waals surface area (Å²) in [7, 11) is -1.51. The molecule has 0 aliphatic carbocycles. The highest BCUT2D eigenvalue weighted by Crippen LogP contribution is 2.26. The molecule has 26 heavy (non-hydrogen) atoms. The van der Waals surface area contributed by atoms with Crippen LogP contribution in [-0.2, 0) is 19.7 Å². The second-order valence-corrected chi connectivity index (χ2v) is 9.22. The Labute approximate surface area is 151 Å². The van der Waals surface area contributed by atoms with Gasteiger partial charge in [0.2, 0.25) is 5.82 Å². The molecule has 1 aromatic carbocycles. The fraction of sp³-hybridized carbons (Fsp3) is 0.647. The smallest absolute Gasteiger partial charge is 0.377 e. The van der Waals surface area contributed by atoms with Crippen molar-refractivity contribution in [1.82, 2.24) is 0 Å². The maximum atomic E-state index is 13.7. The molecule has 0 N–H and O–H groups in total. The lowest BCUT2D eigenvalue weighted by Crippen LogP contribution is -2.48. The van der Waals surface area contributed by atoms with Crippen molar-refractivity contribution < 1.29 is 35.2 Å². The summed E-state index contributed by atoms with van der Waals surface area (Å²) in [4.78, 5) is 0. The highest BCUT2D eigenvalue weighted by Gasteiger charge is 2.41. The molecule has 0 atom stereocenters. The van der Waals surface area contributed by atoms with Gasteiger partial charge < -0.3 is 13.3 Å². The lowest BCUT2D eigenvalue weighted by atomic mass is 10.1. The summed E-state index contributed by atoms with van der Waals surface area (Å²) >= 11 is 0. The molecule has 0 saturated heterocycles. The number of rotatable bonds is 10. The van der Waals surface area contributed by atoms with Crippen LogP contribution in [0.2, 0.25) is 6.04 Å². The maximum absolute atomic E-state index is 13.7. The van der Waals surface area contributed by atoms with E-state index in [1.807, 2.05) is 27.7 Å². The molecule has 0 saturated carbocycles. The molecule has 0 spiro atoms. The molecule has 150 valence electrons. The molecular formula is C17H25F5O3Si. The standard InChI is InChI=1S/C17H25F5O3Si/c1-10(2)24-26(23-5,25-11(3)4)9-7-6-8-12-13(18)15(20)17(22)16(21)14(12)19/h10-11H,6-9H2,1-5H3. The van der Waals surface area contributed by atoms with Gasteiger partial charge in [0.25, 0.3) is 0 Å². The molecule has 0 aliphatic rings. The Bertz CT molecular complexity index is 572. The Morgan fingerprint density at radius 2 is 1.15 bits per heavy atom. The first-order valence-electron chi connectivity index (χ1n) is 8.45. The van der Waals surface area contributed by atoms with Crippen molar-refractivity contribution in [3.05, 3.63) is 34.6 Å². The fourth-order valence-corrected chi connectivity index (χ4v) is 5.38. The summed E-state index contributed by atoms with van der Waals surface area (Å²) in [5, 5.41) is 0. The summed E-state index contributed by atoms with van der Waals surface area (Å²) in [5.41, 5.74) is -0.805. The molecule has 1 rings (SSSR count). The van der Waals surface area contributed by atoms with Crippen LogP contribution < -0.4 is 0 Å². The Kier molecular flexibility index (Phi) is 8.65. The number of hydrogen-bond acceptors (Lipinski definition) is 3. The molecule has 1 aromatic rings. The third-order valence-corrected chi connectivity index (χ3v) is 6.85. The van der Waals surface area contributed by atoms with Crippen molar-refractivity contribution in [3.8, 4) is 0 Å². The summed E-state index contributed by atoms with van der Waals surface area (Å²) in [6.45, 7) is 7.33. The van der Waals surface area contributed by atoms with Crippen LogP contribution in [0.25, 0.3) is 0 Å². The molecule has 0 fully saturated rings. The van der Waals surface area contributed by atoms with Crippen molar-refractivity contribution >= 4 is 8.80 Å². The maximum Gasteiger partial charge on any atom is 0.501 e. The SMILES string of the molecule is CO[Si](CCCCc1c(F)c(F)c(F)c(F)c1F)(OC(C)C)OC(C)C. The van der Waals surface area contributed by atoms with E-state index in [0.29, 0.717) is 12.5 Å². The molecule has 0 heterocycles. The Morgan fingerprint density at radius 3 is 1.54 bits per heavy atom. The topological polar surface area (TPSA) is 27.7 Å².